The van der Waals surface area contributed by atoms with Gasteiger partial charge in [-0.2, -0.15) is 0 Å². The minimum atomic E-state index is 0.355. The summed E-state index contributed by atoms with van der Waals surface area (Å²) in [4.78, 5) is 4.72. The normalized spacial score (nSPS) is 25.4. The van der Waals surface area contributed by atoms with Crippen LogP contribution in [0.25, 0.3) is 0 Å². The molecule has 2 rings (SSSR count). The van der Waals surface area contributed by atoms with Gasteiger partial charge in [0.25, 0.3) is 0 Å². The van der Waals surface area contributed by atoms with Crippen LogP contribution in [0.3, 0.4) is 0 Å². The van der Waals surface area contributed by atoms with Crippen LogP contribution in [-0.2, 0) is 0 Å². The number of nitrogens with two attached hydrogens (primary N) is 1. The summed E-state index contributed by atoms with van der Waals surface area (Å²) < 4.78 is 0. The minimum Gasteiger partial charge on any atom is -0.378 e. The van der Waals surface area contributed by atoms with Gasteiger partial charge in [-0.05, 0) is 49.9 Å². The molecule has 2 N–H and O–H groups in total. The molecule has 3 heteroatoms. The summed E-state index contributed by atoms with van der Waals surface area (Å²) in [5.41, 5.74) is 8.67. The molecular weight excluding hydrogens is 246 g/mol. The second-order valence-electron chi connectivity index (χ2n) is 6.45. The zero-order valence-electron chi connectivity index (χ0n) is 13.3. The minimum absolute atomic E-state index is 0.355. The molecule has 1 aliphatic heterocycles. The van der Waals surface area contributed by atoms with Gasteiger partial charge in [-0.25, -0.2) is 0 Å². The topological polar surface area (TPSA) is 32.5 Å². The van der Waals surface area contributed by atoms with Gasteiger partial charge in [-0.1, -0.05) is 19.1 Å². The van der Waals surface area contributed by atoms with Gasteiger partial charge in [0, 0.05) is 38.4 Å². The molecule has 0 saturated carbocycles. The van der Waals surface area contributed by atoms with E-state index >= 15 is 0 Å². The summed E-state index contributed by atoms with van der Waals surface area (Å²) >= 11 is 0. The number of piperidine rings is 1. The summed E-state index contributed by atoms with van der Waals surface area (Å²) in [6.07, 6.45) is 2.57. The second kappa shape index (κ2) is 6.59. The molecule has 1 fully saturated rings. The van der Waals surface area contributed by atoms with Crippen molar-refractivity contribution in [2.45, 2.75) is 38.8 Å². The highest BCUT2D eigenvalue weighted by Crippen LogP contribution is 2.31. The Kier molecular flexibility index (Phi) is 5.06. The maximum absolute atomic E-state index is 6.08. The zero-order chi connectivity index (χ0) is 14.7. The number of likely N-dealkylation sites (tertiary alicyclic amines) is 1. The fourth-order valence-electron chi connectivity index (χ4n) is 3.35. The molecule has 0 aliphatic carbocycles. The van der Waals surface area contributed by atoms with Crippen molar-refractivity contribution in [1.82, 2.24) is 4.90 Å². The molecule has 0 bridgehead atoms. The standard InChI is InChI=1S/C17H29N3/c1-13-9-10-20(14(2)11-13)17(12-18)15-5-7-16(8-6-15)19(3)4/h5-8,13-14,17H,9-12,18H2,1-4H3. The van der Waals surface area contributed by atoms with Crippen LogP contribution in [0, 0.1) is 5.92 Å². The Bertz CT molecular complexity index is 413. The third-order valence-corrected chi connectivity index (χ3v) is 4.61. The summed E-state index contributed by atoms with van der Waals surface area (Å²) in [6, 6.07) is 9.83. The van der Waals surface area contributed by atoms with E-state index in [1.807, 2.05) is 0 Å². The van der Waals surface area contributed by atoms with Crippen LogP contribution in [0.2, 0.25) is 0 Å². The van der Waals surface area contributed by atoms with Gasteiger partial charge in [-0.15, -0.1) is 0 Å². The maximum atomic E-state index is 6.08. The Balaban J connectivity index is 2.15. The molecule has 1 heterocycles. The van der Waals surface area contributed by atoms with E-state index in [2.05, 4.69) is 62.0 Å². The van der Waals surface area contributed by atoms with Crippen molar-refractivity contribution in [1.29, 1.82) is 0 Å². The van der Waals surface area contributed by atoms with Crippen LogP contribution in [0.1, 0.15) is 38.3 Å². The first-order chi connectivity index (χ1) is 9.52. The molecule has 0 amide bonds. The lowest BCUT2D eigenvalue weighted by molar-refractivity contribution is 0.0847. The zero-order valence-corrected chi connectivity index (χ0v) is 13.3. The molecule has 112 valence electrons. The maximum Gasteiger partial charge on any atom is 0.0473 e. The molecular formula is C17H29N3. The Labute approximate surface area is 123 Å². The van der Waals surface area contributed by atoms with Gasteiger partial charge in [0.1, 0.15) is 0 Å². The number of hydrogen-bond acceptors (Lipinski definition) is 3. The molecule has 3 unspecified atom stereocenters. The smallest absolute Gasteiger partial charge is 0.0473 e. The summed E-state index contributed by atoms with van der Waals surface area (Å²) in [5, 5.41) is 0. The predicted molar refractivity (Wildman–Crippen MR) is 87.1 cm³/mol. The average molecular weight is 275 g/mol. The van der Waals surface area contributed by atoms with Crippen molar-refractivity contribution in [3.63, 3.8) is 0 Å². The van der Waals surface area contributed by atoms with Gasteiger partial charge in [0.2, 0.25) is 0 Å². The first-order valence-corrected chi connectivity index (χ1v) is 7.76. The first kappa shape index (κ1) is 15.3. The molecule has 0 aromatic heterocycles. The lowest BCUT2D eigenvalue weighted by Crippen LogP contribution is -2.44. The van der Waals surface area contributed by atoms with Crippen LogP contribution in [-0.4, -0.2) is 38.1 Å². The van der Waals surface area contributed by atoms with Crippen LogP contribution in [0.15, 0.2) is 24.3 Å². The molecule has 0 radical (unpaired) electrons. The Hall–Kier alpha value is -1.06. The van der Waals surface area contributed by atoms with E-state index in [4.69, 9.17) is 5.73 Å². The first-order valence-electron chi connectivity index (χ1n) is 7.76. The van der Waals surface area contributed by atoms with E-state index in [-0.39, 0.29) is 0 Å². The number of benzene rings is 1. The summed E-state index contributed by atoms with van der Waals surface area (Å²) in [5.74, 6) is 0.843. The van der Waals surface area contributed by atoms with Crippen LogP contribution in [0.4, 0.5) is 5.69 Å². The van der Waals surface area contributed by atoms with E-state index in [1.165, 1.54) is 30.6 Å². The summed E-state index contributed by atoms with van der Waals surface area (Å²) in [7, 11) is 4.15. The molecule has 3 nitrogen and oxygen atoms in total. The highest BCUT2D eigenvalue weighted by Gasteiger charge is 2.28. The molecule has 1 aliphatic rings. The molecule has 1 aromatic carbocycles. The van der Waals surface area contributed by atoms with E-state index in [9.17, 15) is 0 Å². The monoisotopic (exact) mass is 275 g/mol. The van der Waals surface area contributed by atoms with Crippen LogP contribution in [0.5, 0.6) is 0 Å². The number of rotatable bonds is 4. The van der Waals surface area contributed by atoms with Gasteiger partial charge in [-0.3, -0.25) is 4.90 Å². The highest BCUT2D eigenvalue weighted by molar-refractivity contribution is 5.46. The number of anilines is 1. The molecule has 0 spiro atoms. The molecule has 20 heavy (non-hydrogen) atoms. The van der Waals surface area contributed by atoms with E-state index in [0.29, 0.717) is 18.6 Å². The fraction of sp³-hybridized carbons (Fsp3) is 0.647. The van der Waals surface area contributed by atoms with E-state index in [1.54, 1.807) is 0 Å². The van der Waals surface area contributed by atoms with Crippen molar-refractivity contribution in [3.05, 3.63) is 29.8 Å². The van der Waals surface area contributed by atoms with Crippen molar-refractivity contribution in [2.24, 2.45) is 11.7 Å². The van der Waals surface area contributed by atoms with Crippen molar-refractivity contribution in [2.75, 3.05) is 32.1 Å². The third kappa shape index (κ3) is 3.33. The lowest BCUT2D eigenvalue weighted by atomic mass is 9.90. The Morgan fingerprint density at radius 2 is 1.90 bits per heavy atom. The van der Waals surface area contributed by atoms with Crippen molar-refractivity contribution in [3.8, 4) is 0 Å². The predicted octanol–water partition coefficient (Wildman–Crippen LogP) is 2.87. The van der Waals surface area contributed by atoms with Crippen LogP contribution < -0.4 is 10.6 Å². The fourth-order valence-corrected chi connectivity index (χ4v) is 3.35. The van der Waals surface area contributed by atoms with Gasteiger partial charge in [0.15, 0.2) is 0 Å². The molecule has 1 saturated heterocycles. The number of nitrogens with zero attached hydrogens (tertiary/aromatic N) is 2. The lowest BCUT2D eigenvalue weighted by Gasteiger charge is -2.41. The van der Waals surface area contributed by atoms with Crippen molar-refractivity contribution < 1.29 is 0 Å². The van der Waals surface area contributed by atoms with Crippen LogP contribution >= 0.6 is 0 Å². The van der Waals surface area contributed by atoms with E-state index < -0.39 is 0 Å². The average Bonchev–Trinajstić information content (AvgIpc) is 2.42. The molecule has 1 aromatic rings. The van der Waals surface area contributed by atoms with Crippen molar-refractivity contribution >= 4 is 5.69 Å². The quantitative estimate of drug-likeness (QED) is 0.917. The number of hydrogen-bond donors (Lipinski definition) is 1. The van der Waals surface area contributed by atoms with Gasteiger partial charge < -0.3 is 10.6 Å². The SMILES string of the molecule is CC1CCN(C(CN)c2ccc(N(C)C)cc2)C(C)C1. The second-order valence-corrected chi connectivity index (χ2v) is 6.45. The Morgan fingerprint density at radius 3 is 2.40 bits per heavy atom. The van der Waals surface area contributed by atoms with E-state index in [0.717, 1.165) is 5.92 Å². The summed E-state index contributed by atoms with van der Waals surface area (Å²) in [6.45, 7) is 6.56. The van der Waals surface area contributed by atoms with Gasteiger partial charge >= 0.3 is 0 Å². The molecule has 3 atom stereocenters. The van der Waals surface area contributed by atoms with Gasteiger partial charge in [0.05, 0.1) is 0 Å². The Morgan fingerprint density at radius 1 is 1.25 bits per heavy atom. The highest BCUT2D eigenvalue weighted by atomic mass is 15.2. The third-order valence-electron chi connectivity index (χ3n) is 4.61. The largest absolute Gasteiger partial charge is 0.378 e.